The predicted octanol–water partition coefficient (Wildman–Crippen LogP) is 1.60. The van der Waals surface area contributed by atoms with Crippen molar-refractivity contribution in [1.29, 1.82) is 0 Å². The lowest BCUT2D eigenvalue weighted by Gasteiger charge is -1.98. The van der Waals surface area contributed by atoms with Crippen LogP contribution < -0.4 is 5.32 Å². The van der Waals surface area contributed by atoms with Gasteiger partial charge in [-0.1, -0.05) is 19.0 Å². The molecule has 6 nitrogen and oxygen atoms in total. The Hall–Kier alpha value is -1.98. The summed E-state index contributed by atoms with van der Waals surface area (Å²) in [6.07, 6.45) is 3.38. The second-order valence-electron chi connectivity index (χ2n) is 3.63. The van der Waals surface area contributed by atoms with Crippen LogP contribution in [0.5, 0.6) is 0 Å². The van der Waals surface area contributed by atoms with Gasteiger partial charge in [-0.25, -0.2) is 9.97 Å². The number of aromatic nitrogens is 4. The van der Waals surface area contributed by atoms with E-state index in [2.05, 4.69) is 25.4 Å². The van der Waals surface area contributed by atoms with Gasteiger partial charge in [0.2, 0.25) is 0 Å². The number of anilines is 1. The number of nitrogens with zero attached hydrogens (tertiary/aromatic N) is 4. The number of hydrogen-bond acceptors (Lipinski definition) is 6. The highest BCUT2D eigenvalue weighted by Crippen LogP contribution is 2.12. The van der Waals surface area contributed by atoms with Crippen molar-refractivity contribution in [3.8, 4) is 0 Å². The van der Waals surface area contributed by atoms with E-state index in [4.69, 9.17) is 4.52 Å². The number of nitrogens with one attached hydrogen (secondary N) is 1. The van der Waals surface area contributed by atoms with E-state index < -0.39 is 0 Å². The maximum atomic E-state index is 5.02. The average molecular weight is 219 g/mol. The minimum Gasteiger partial charge on any atom is -0.330 e. The molecular formula is C10H13N5O. The monoisotopic (exact) mass is 219 g/mol. The summed E-state index contributed by atoms with van der Waals surface area (Å²) in [5.74, 6) is 1.63. The first-order valence-electron chi connectivity index (χ1n) is 5.09. The molecule has 0 atom stereocenters. The molecule has 0 aliphatic rings. The van der Waals surface area contributed by atoms with Crippen molar-refractivity contribution in [2.24, 2.45) is 0 Å². The van der Waals surface area contributed by atoms with Crippen molar-refractivity contribution in [1.82, 2.24) is 20.1 Å². The molecule has 2 aromatic heterocycles. The largest absolute Gasteiger partial charge is 0.330 e. The Labute approximate surface area is 93.1 Å². The normalized spacial score (nSPS) is 10.7. The van der Waals surface area contributed by atoms with Crippen LogP contribution in [-0.4, -0.2) is 20.1 Å². The summed E-state index contributed by atoms with van der Waals surface area (Å²) in [6, 6.07) is 2.17. The quantitative estimate of drug-likeness (QED) is 0.841. The van der Waals surface area contributed by atoms with Gasteiger partial charge in [-0.3, -0.25) is 0 Å². The summed E-state index contributed by atoms with van der Waals surface area (Å²) in [5, 5.41) is 6.81. The first-order chi connectivity index (χ1) is 7.75. The van der Waals surface area contributed by atoms with Crippen LogP contribution in [0.3, 0.4) is 0 Å². The SMILES string of the molecule is CC(C)c1noc(NCc2ncccn2)n1. The molecule has 0 spiro atoms. The van der Waals surface area contributed by atoms with Crippen LogP contribution >= 0.6 is 0 Å². The Balaban J connectivity index is 1.95. The fraction of sp³-hybridized carbons (Fsp3) is 0.400. The second kappa shape index (κ2) is 4.69. The van der Waals surface area contributed by atoms with Crippen LogP contribution in [0.15, 0.2) is 23.0 Å². The second-order valence-corrected chi connectivity index (χ2v) is 3.63. The van der Waals surface area contributed by atoms with Crippen molar-refractivity contribution in [3.05, 3.63) is 30.1 Å². The third kappa shape index (κ3) is 2.53. The van der Waals surface area contributed by atoms with Gasteiger partial charge in [0.15, 0.2) is 5.82 Å². The zero-order chi connectivity index (χ0) is 11.4. The van der Waals surface area contributed by atoms with Gasteiger partial charge in [-0.15, -0.1) is 0 Å². The van der Waals surface area contributed by atoms with E-state index in [-0.39, 0.29) is 5.92 Å². The Morgan fingerprint density at radius 3 is 2.69 bits per heavy atom. The minimum atomic E-state index is 0.257. The van der Waals surface area contributed by atoms with Gasteiger partial charge < -0.3 is 9.84 Å². The highest BCUT2D eigenvalue weighted by molar-refractivity contribution is 5.19. The lowest BCUT2D eigenvalue weighted by atomic mass is 10.2. The van der Waals surface area contributed by atoms with Gasteiger partial charge in [0.05, 0.1) is 6.54 Å². The Morgan fingerprint density at radius 1 is 1.31 bits per heavy atom. The van der Waals surface area contributed by atoms with Crippen molar-refractivity contribution < 1.29 is 4.52 Å². The van der Waals surface area contributed by atoms with E-state index in [1.807, 2.05) is 13.8 Å². The molecule has 0 unspecified atom stereocenters. The molecule has 0 aliphatic heterocycles. The van der Waals surface area contributed by atoms with Crippen molar-refractivity contribution in [2.45, 2.75) is 26.3 Å². The third-order valence-electron chi connectivity index (χ3n) is 1.98. The van der Waals surface area contributed by atoms with E-state index in [0.29, 0.717) is 24.2 Å². The first-order valence-corrected chi connectivity index (χ1v) is 5.09. The van der Waals surface area contributed by atoms with Gasteiger partial charge in [0.25, 0.3) is 0 Å². The molecule has 0 bridgehead atoms. The molecule has 2 heterocycles. The van der Waals surface area contributed by atoms with Crippen LogP contribution in [0.25, 0.3) is 0 Å². The van der Waals surface area contributed by atoms with Gasteiger partial charge in [-0.05, 0) is 6.07 Å². The van der Waals surface area contributed by atoms with Gasteiger partial charge in [-0.2, -0.15) is 4.98 Å². The standard InChI is InChI=1S/C10H13N5O/c1-7(2)9-14-10(16-15-9)13-6-8-11-4-3-5-12-8/h3-5,7H,6H2,1-2H3,(H,13,14,15). The average Bonchev–Trinajstić information content (AvgIpc) is 2.76. The highest BCUT2D eigenvalue weighted by atomic mass is 16.5. The molecule has 0 amide bonds. The Bertz CT molecular complexity index is 439. The van der Waals surface area contributed by atoms with Crippen LogP contribution in [-0.2, 0) is 6.54 Å². The van der Waals surface area contributed by atoms with Crippen molar-refractivity contribution >= 4 is 6.01 Å². The molecule has 0 saturated heterocycles. The molecular weight excluding hydrogens is 206 g/mol. The molecule has 0 fully saturated rings. The van der Waals surface area contributed by atoms with Crippen LogP contribution in [0, 0.1) is 0 Å². The van der Waals surface area contributed by atoms with Gasteiger partial charge in [0.1, 0.15) is 5.82 Å². The first kappa shape index (κ1) is 10.5. The molecule has 0 saturated carbocycles. The fourth-order valence-corrected chi connectivity index (χ4v) is 1.12. The molecule has 0 radical (unpaired) electrons. The summed E-state index contributed by atoms with van der Waals surface area (Å²) < 4.78 is 5.02. The Morgan fingerprint density at radius 2 is 2.06 bits per heavy atom. The zero-order valence-electron chi connectivity index (χ0n) is 9.21. The summed E-state index contributed by atoms with van der Waals surface area (Å²) >= 11 is 0. The summed E-state index contributed by atoms with van der Waals surface area (Å²) in [5.41, 5.74) is 0. The molecule has 16 heavy (non-hydrogen) atoms. The Kier molecular flexibility index (Phi) is 3.09. The third-order valence-corrected chi connectivity index (χ3v) is 1.98. The van der Waals surface area contributed by atoms with Crippen molar-refractivity contribution in [3.63, 3.8) is 0 Å². The van der Waals surface area contributed by atoms with Gasteiger partial charge >= 0.3 is 6.01 Å². The topological polar surface area (TPSA) is 76.7 Å². The van der Waals surface area contributed by atoms with Gasteiger partial charge in [0, 0.05) is 18.3 Å². The summed E-state index contributed by atoms with van der Waals surface area (Å²) in [7, 11) is 0. The highest BCUT2D eigenvalue weighted by Gasteiger charge is 2.09. The molecule has 1 N–H and O–H groups in total. The lowest BCUT2D eigenvalue weighted by molar-refractivity contribution is 0.418. The van der Waals surface area contributed by atoms with E-state index in [0.717, 1.165) is 0 Å². The fourth-order valence-electron chi connectivity index (χ4n) is 1.12. The van der Waals surface area contributed by atoms with Crippen LogP contribution in [0.4, 0.5) is 6.01 Å². The van der Waals surface area contributed by atoms with E-state index in [9.17, 15) is 0 Å². The molecule has 84 valence electrons. The molecule has 0 aliphatic carbocycles. The van der Waals surface area contributed by atoms with E-state index in [1.54, 1.807) is 18.5 Å². The maximum Gasteiger partial charge on any atom is 0.321 e. The molecule has 0 aromatic carbocycles. The lowest BCUT2D eigenvalue weighted by Crippen LogP contribution is -2.03. The van der Waals surface area contributed by atoms with Crippen LogP contribution in [0.1, 0.15) is 31.4 Å². The molecule has 6 heteroatoms. The maximum absolute atomic E-state index is 5.02. The van der Waals surface area contributed by atoms with Crippen molar-refractivity contribution in [2.75, 3.05) is 5.32 Å². The zero-order valence-corrected chi connectivity index (χ0v) is 9.21. The van der Waals surface area contributed by atoms with Crippen LogP contribution in [0.2, 0.25) is 0 Å². The molecule has 2 rings (SSSR count). The molecule has 2 aromatic rings. The van der Waals surface area contributed by atoms with E-state index >= 15 is 0 Å². The smallest absolute Gasteiger partial charge is 0.321 e. The summed E-state index contributed by atoms with van der Waals surface area (Å²) in [6.45, 7) is 4.49. The minimum absolute atomic E-state index is 0.257. The summed E-state index contributed by atoms with van der Waals surface area (Å²) in [4.78, 5) is 12.3. The predicted molar refractivity (Wildman–Crippen MR) is 57.7 cm³/mol. The number of rotatable bonds is 4. The number of hydrogen-bond donors (Lipinski definition) is 1. The van der Waals surface area contributed by atoms with E-state index in [1.165, 1.54) is 0 Å².